The molecule has 2 rings (SSSR count). The molecule has 1 aromatic carbocycles. The number of amides is 2. The fourth-order valence-corrected chi connectivity index (χ4v) is 2.03. The van der Waals surface area contributed by atoms with Gasteiger partial charge < -0.3 is 5.11 Å². The van der Waals surface area contributed by atoms with Crippen molar-refractivity contribution in [1.82, 2.24) is 0 Å². The van der Waals surface area contributed by atoms with Gasteiger partial charge in [0, 0.05) is 24.3 Å². The largest absolute Gasteiger partial charge is 0.508 e. The predicted octanol–water partition coefficient (Wildman–Crippen LogP) is 2.13. The predicted molar refractivity (Wildman–Crippen MR) is 59.8 cm³/mol. The van der Waals surface area contributed by atoms with Crippen molar-refractivity contribution in [2.45, 2.75) is 0 Å². The highest BCUT2D eigenvalue weighted by atomic mass is 35.5. The molecule has 0 aliphatic carbocycles. The normalized spacial score (nSPS) is 15.0. The first-order chi connectivity index (χ1) is 7.50. The Morgan fingerprint density at radius 2 is 1.44 bits per heavy atom. The van der Waals surface area contributed by atoms with Crippen molar-refractivity contribution < 1.29 is 14.7 Å². The number of aromatic hydroxyl groups is 1. The van der Waals surface area contributed by atoms with Crippen molar-refractivity contribution in [2.24, 2.45) is 0 Å². The minimum Gasteiger partial charge on any atom is -0.508 e. The molecule has 0 saturated heterocycles. The van der Waals surface area contributed by atoms with E-state index in [0.717, 1.165) is 17.1 Å². The highest BCUT2D eigenvalue weighted by Gasteiger charge is 2.29. The Bertz CT molecular complexity index is 484. The third kappa shape index (κ3) is 1.66. The lowest BCUT2D eigenvalue weighted by molar-refractivity contribution is -0.119. The Balaban J connectivity index is 2.57. The van der Waals surface area contributed by atoms with Gasteiger partial charge in [0.25, 0.3) is 11.8 Å². The number of carbonyl (C=O) groups excluding carboxylic acids is 2. The number of benzene rings is 1. The second kappa shape index (κ2) is 3.81. The van der Waals surface area contributed by atoms with Crippen molar-refractivity contribution >= 4 is 40.7 Å². The topological polar surface area (TPSA) is 57.6 Å². The average Bonchev–Trinajstić information content (AvgIpc) is 2.47. The van der Waals surface area contributed by atoms with Crippen LogP contribution in [-0.2, 0) is 9.59 Å². The first-order valence-electron chi connectivity index (χ1n) is 4.25. The quantitative estimate of drug-likeness (QED) is 0.785. The number of nitrogens with zero attached hydrogens (tertiary/aromatic N) is 1. The van der Waals surface area contributed by atoms with E-state index >= 15 is 0 Å². The van der Waals surface area contributed by atoms with Gasteiger partial charge in [-0.05, 0) is 0 Å². The van der Waals surface area contributed by atoms with E-state index in [2.05, 4.69) is 0 Å². The number of carbonyl (C=O) groups is 2. The van der Waals surface area contributed by atoms with Crippen molar-refractivity contribution in [3.63, 3.8) is 0 Å². The molecule has 1 aliphatic heterocycles. The summed E-state index contributed by atoms with van der Waals surface area (Å²) in [5.41, 5.74) is 0.0844. The molecular formula is C10H5Cl2NO3. The number of hydrogen-bond acceptors (Lipinski definition) is 3. The molecule has 0 spiro atoms. The zero-order valence-electron chi connectivity index (χ0n) is 7.78. The van der Waals surface area contributed by atoms with Gasteiger partial charge in [-0.3, -0.25) is 9.59 Å². The van der Waals surface area contributed by atoms with Gasteiger partial charge in [0.05, 0.1) is 15.7 Å². The summed E-state index contributed by atoms with van der Waals surface area (Å²) in [4.78, 5) is 23.7. The average molecular weight is 258 g/mol. The first kappa shape index (κ1) is 11.0. The third-order valence-electron chi connectivity index (χ3n) is 2.03. The van der Waals surface area contributed by atoms with E-state index in [4.69, 9.17) is 23.2 Å². The molecule has 0 radical (unpaired) electrons. The van der Waals surface area contributed by atoms with Crippen molar-refractivity contribution in [3.05, 3.63) is 34.3 Å². The Hall–Kier alpha value is -1.52. The zero-order chi connectivity index (χ0) is 11.9. The van der Waals surface area contributed by atoms with Crippen LogP contribution in [0.1, 0.15) is 0 Å². The van der Waals surface area contributed by atoms with Gasteiger partial charge >= 0.3 is 0 Å². The molecule has 1 heterocycles. The lowest BCUT2D eigenvalue weighted by atomic mass is 10.2. The minimum absolute atomic E-state index is 0.0374. The van der Waals surface area contributed by atoms with E-state index in [1.807, 2.05) is 0 Å². The van der Waals surface area contributed by atoms with Gasteiger partial charge in [-0.1, -0.05) is 23.2 Å². The van der Waals surface area contributed by atoms with Crippen LogP contribution >= 0.6 is 23.2 Å². The summed E-state index contributed by atoms with van der Waals surface area (Å²) in [6, 6.07) is 2.42. The third-order valence-corrected chi connectivity index (χ3v) is 2.61. The summed E-state index contributed by atoms with van der Waals surface area (Å²) in [5.74, 6) is -1.16. The van der Waals surface area contributed by atoms with Crippen LogP contribution in [0.25, 0.3) is 0 Å². The molecule has 1 aromatic rings. The Kier molecular flexibility index (Phi) is 2.61. The molecule has 0 unspecified atom stereocenters. The summed E-state index contributed by atoms with van der Waals surface area (Å²) >= 11 is 11.7. The van der Waals surface area contributed by atoms with E-state index in [0.29, 0.717) is 0 Å². The van der Waals surface area contributed by atoms with Gasteiger partial charge in [0.2, 0.25) is 0 Å². The number of phenols is 1. The number of rotatable bonds is 1. The van der Waals surface area contributed by atoms with E-state index in [-0.39, 0.29) is 21.5 Å². The Labute approximate surface area is 101 Å². The van der Waals surface area contributed by atoms with Crippen LogP contribution in [0.3, 0.4) is 0 Å². The first-order valence-corrected chi connectivity index (χ1v) is 5.00. The monoisotopic (exact) mass is 257 g/mol. The molecule has 2 amide bonds. The molecule has 0 atom stereocenters. The van der Waals surface area contributed by atoms with Crippen molar-refractivity contribution in [1.29, 1.82) is 0 Å². The van der Waals surface area contributed by atoms with Crippen LogP contribution in [0, 0.1) is 0 Å². The molecule has 82 valence electrons. The van der Waals surface area contributed by atoms with E-state index in [1.54, 1.807) is 0 Å². The number of imide groups is 1. The number of phenolic OH excluding ortho intramolecular Hbond substituents is 1. The molecule has 0 fully saturated rings. The summed E-state index contributed by atoms with van der Waals surface area (Å²) in [6.07, 6.45) is 2.25. The van der Waals surface area contributed by atoms with Crippen LogP contribution in [0.5, 0.6) is 5.75 Å². The zero-order valence-corrected chi connectivity index (χ0v) is 9.29. The highest BCUT2D eigenvalue weighted by molar-refractivity contribution is 6.43. The lowest BCUT2D eigenvalue weighted by Gasteiger charge is -2.17. The van der Waals surface area contributed by atoms with E-state index in [1.165, 1.54) is 12.1 Å². The highest BCUT2D eigenvalue weighted by Crippen LogP contribution is 2.38. The van der Waals surface area contributed by atoms with Crippen LogP contribution in [0.2, 0.25) is 10.0 Å². The standard InChI is InChI=1S/C10H5Cl2NO3/c11-6-3-5(14)4-7(12)10(6)13-8(15)1-2-9(13)16/h1-4,14H. The second-order valence-corrected chi connectivity index (χ2v) is 3.92. The molecular weight excluding hydrogens is 253 g/mol. The van der Waals surface area contributed by atoms with Crippen LogP contribution in [0.4, 0.5) is 5.69 Å². The maximum absolute atomic E-state index is 11.4. The molecule has 1 N–H and O–H groups in total. The fraction of sp³-hybridized carbons (Fsp3) is 0. The maximum Gasteiger partial charge on any atom is 0.258 e. The van der Waals surface area contributed by atoms with Gasteiger partial charge in [-0.2, -0.15) is 0 Å². The minimum atomic E-state index is -0.514. The lowest BCUT2D eigenvalue weighted by Crippen LogP contribution is -2.30. The van der Waals surface area contributed by atoms with E-state index < -0.39 is 11.8 Å². The van der Waals surface area contributed by atoms with Crippen LogP contribution < -0.4 is 4.90 Å². The molecule has 0 aromatic heterocycles. The Morgan fingerprint density at radius 3 is 1.88 bits per heavy atom. The molecule has 1 aliphatic rings. The van der Waals surface area contributed by atoms with Gasteiger partial charge in [-0.25, -0.2) is 4.90 Å². The summed E-state index contributed by atoms with van der Waals surface area (Å²) < 4.78 is 0. The van der Waals surface area contributed by atoms with Gasteiger partial charge in [0.1, 0.15) is 5.75 Å². The number of hydrogen-bond donors (Lipinski definition) is 1. The smallest absolute Gasteiger partial charge is 0.258 e. The fourth-order valence-electron chi connectivity index (χ4n) is 1.39. The van der Waals surface area contributed by atoms with Gasteiger partial charge in [0.15, 0.2) is 0 Å². The summed E-state index contributed by atoms with van der Waals surface area (Å²) in [6.45, 7) is 0. The van der Waals surface area contributed by atoms with Crippen molar-refractivity contribution in [2.75, 3.05) is 4.90 Å². The Morgan fingerprint density at radius 1 is 1.00 bits per heavy atom. The van der Waals surface area contributed by atoms with Gasteiger partial charge in [-0.15, -0.1) is 0 Å². The number of anilines is 1. The molecule has 0 saturated carbocycles. The molecule has 16 heavy (non-hydrogen) atoms. The molecule has 0 bridgehead atoms. The van der Waals surface area contributed by atoms with Crippen LogP contribution in [-0.4, -0.2) is 16.9 Å². The number of halogens is 2. The SMILES string of the molecule is O=C1C=CC(=O)N1c1c(Cl)cc(O)cc1Cl. The van der Waals surface area contributed by atoms with Crippen molar-refractivity contribution in [3.8, 4) is 5.75 Å². The molecule has 4 nitrogen and oxygen atoms in total. The summed E-state index contributed by atoms with van der Waals surface area (Å²) in [7, 11) is 0. The molecule has 6 heteroatoms. The second-order valence-electron chi connectivity index (χ2n) is 3.10. The van der Waals surface area contributed by atoms with Crippen LogP contribution in [0.15, 0.2) is 24.3 Å². The summed E-state index contributed by atoms with van der Waals surface area (Å²) in [5, 5.41) is 9.29. The van der Waals surface area contributed by atoms with E-state index in [9.17, 15) is 14.7 Å². The maximum atomic E-state index is 11.4.